The lowest BCUT2D eigenvalue weighted by molar-refractivity contribution is -0.387. The van der Waals surface area contributed by atoms with Crippen molar-refractivity contribution >= 4 is 21.4 Å². The Labute approximate surface area is 156 Å². The van der Waals surface area contributed by atoms with Crippen molar-refractivity contribution in [2.24, 2.45) is 0 Å². The normalized spacial score (nSPS) is 11.1. The third-order valence-electron chi connectivity index (χ3n) is 3.93. The van der Waals surface area contributed by atoms with Crippen molar-refractivity contribution in [1.82, 2.24) is 4.98 Å². The number of aryl methyl sites for hydroxylation is 2. The van der Waals surface area contributed by atoms with Gasteiger partial charge in [0.25, 0.3) is 15.7 Å². The van der Waals surface area contributed by atoms with Crippen LogP contribution in [-0.4, -0.2) is 18.3 Å². The molecule has 27 heavy (non-hydrogen) atoms. The van der Waals surface area contributed by atoms with Gasteiger partial charge in [0.1, 0.15) is 0 Å². The van der Waals surface area contributed by atoms with E-state index in [4.69, 9.17) is 0 Å². The molecule has 0 unspecified atom stereocenters. The summed E-state index contributed by atoms with van der Waals surface area (Å²) in [7, 11) is -4.08. The van der Waals surface area contributed by atoms with Gasteiger partial charge < -0.3 is 0 Å². The lowest BCUT2D eigenvalue weighted by Crippen LogP contribution is -2.14. The van der Waals surface area contributed by atoms with Gasteiger partial charge in [0.2, 0.25) is 0 Å². The van der Waals surface area contributed by atoms with Gasteiger partial charge in [0, 0.05) is 23.6 Å². The van der Waals surface area contributed by atoms with Gasteiger partial charge in [0.05, 0.1) is 4.92 Å². The summed E-state index contributed by atoms with van der Waals surface area (Å²) in [5.74, 6) is 0. The fourth-order valence-electron chi connectivity index (χ4n) is 2.65. The zero-order valence-electron chi connectivity index (χ0n) is 14.3. The van der Waals surface area contributed by atoms with Gasteiger partial charge in [-0.2, -0.15) is 0 Å². The minimum Gasteiger partial charge on any atom is -0.279 e. The Morgan fingerprint density at radius 3 is 2.48 bits per heavy atom. The molecular weight excluding hydrogens is 366 g/mol. The van der Waals surface area contributed by atoms with Gasteiger partial charge in [-0.25, -0.2) is 8.42 Å². The molecule has 0 radical (unpaired) electrons. The molecule has 0 aliphatic carbocycles. The molecule has 3 aromatic rings. The summed E-state index contributed by atoms with van der Waals surface area (Å²) in [6, 6.07) is 17.9. The predicted octanol–water partition coefficient (Wildman–Crippen LogP) is 3.58. The van der Waals surface area contributed by atoms with Crippen LogP contribution in [0.5, 0.6) is 0 Å². The van der Waals surface area contributed by atoms with E-state index in [1.165, 1.54) is 18.2 Å². The predicted molar refractivity (Wildman–Crippen MR) is 102 cm³/mol. The molecule has 7 nitrogen and oxygen atoms in total. The smallest absolute Gasteiger partial charge is 0.279 e. The maximum Gasteiger partial charge on any atom is 0.289 e. The number of hydrogen-bond donors (Lipinski definition) is 1. The Morgan fingerprint density at radius 1 is 0.963 bits per heavy atom. The van der Waals surface area contributed by atoms with Crippen molar-refractivity contribution in [2.45, 2.75) is 17.7 Å². The SMILES string of the molecule is O=[N+]([O-])c1ccccc1S(=O)(=O)Nc1cccc(CCc2ccccn2)c1. The molecule has 3 rings (SSSR count). The van der Waals surface area contributed by atoms with Crippen LogP contribution >= 0.6 is 0 Å². The number of nitrogens with zero attached hydrogens (tertiary/aromatic N) is 2. The van der Waals surface area contributed by atoms with Crippen LogP contribution < -0.4 is 4.72 Å². The molecule has 8 heteroatoms. The van der Waals surface area contributed by atoms with E-state index >= 15 is 0 Å². The number of aromatic nitrogens is 1. The Hall–Kier alpha value is -3.26. The summed E-state index contributed by atoms with van der Waals surface area (Å²) in [4.78, 5) is 14.3. The third kappa shape index (κ3) is 4.68. The first-order valence-corrected chi connectivity index (χ1v) is 9.69. The summed E-state index contributed by atoms with van der Waals surface area (Å²) in [5.41, 5.74) is 1.77. The van der Waals surface area contributed by atoms with Crippen LogP contribution in [0.2, 0.25) is 0 Å². The average molecular weight is 383 g/mol. The maximum atomic E-state index is 12.6. The first kappa shape index (κ1) is 18.5. The second-order valence-corrected chi connectivity index (χ2v) is 7.50. The second kappa shape index (κ2) is 7.96. The van der Waals surface area contributed by atoms with Crippen molar-refractivity contribution in [3.05, 3.63) is 94.3 Å². The van der Waals surface area contributed by atoms with Crippen molar-refractivity contribution in [2.75, 3.05) is 4.72 Å². The van der Waals surface area contributed by atoms with Gasteiger partial charge in [-0.15, -0.1) is 0 Å². The number of anilines is 1. The minimum absolute atomic E-state index is 0.353. The highest BCUT2D eigenvalue weighted by atomic mass is 32.2. The zero-order chi connectivity index (χ0) is 19.3. The minimum atomic E-state index is -4.08. The number of hydrogen-bond acceptors (Lipinski definition) is 5. The summed E-state index contributed by atoms with van der Waals surface area (Å²) in [6.45, 7) is 0. The Kier molecular flexibility index (Phi) is 5.46. The molecule has 0 amide bonds. The van der Waals surface area contributed by atoms with Crippen LogP contribution in [0.25, 0.3) is 0 Å². The molecule has 0 bridgehead atoms. The second-order valence-electron chi connectivity index (χ2n) is 5.85. The number of nitro groups is 1. The summed E-state index contributed by atoms with van der Waals surface area (Å²) >= 11 is 0. The molecule has 2 aromatic carbocycles. The van der Waals surface area contributed by atoms with E-state index in [-0.39, 0.29) is 4.90 Å². The van der Waals surface area contributed by atoms with E-state index in [0.29, 0.717) is 12.1 Å². The Bertz CT molecular complexity index is 1050. The Balaban J connectivity index is 1.79. The number of nitro benzene ring substituents is 1. The number of nitrogens with one attached hydrogen (secondary N) is 1. The molecule has 0 saturated carbocycles. The van der Waals surface area contributed by atoms with Gasteiger partial charge in [-0.05, 0) is 48.7 Å². The highest BCUT2D eigenvalue weighted by Gasteiger charge is 2.25. The average Bonchev–Trinajstić information content (AvgIpc) is 2.67. The van der Waals surface area contributed by atoms with Gasteiger partial charge >= 0.3 is 0 Å². The molecule has 1 heterocycles. The van der Waals surface area contributed by atoms with Crippen LogP contribution in [0.4, 0.5) is 11.4 Å². The van der Waals surface area contributed by atoms with Crippen molar-refractivity contribution in [1.29, 1.82) is 0 Å². The van der Waals surface area contributed by atoms with Crippen molar-refractivity contribution in [3.8, 4) is 0 Å². The molecule has 0 aliphatic heterocycles. The number of sulfonamides is 1. The number of rotatable bonds is 7. The van der Waals surface area contributed by atoms with Crippen LogP contribution in [-0.2, 0) is 22.9 Å². The lowest BCUT2D eigenvalue weighted by atomic mass is 10.1. The van der Waals surface area contributed by atoms with Gasteiger partial charge in [0.15, 0.2) is 4.90 Å². The maximum absolute atomic E-state index is 12.6. The van der Waals surface area contributed by atoms with Crippen LogP contribution in [0.15, 0.2) is 77.8 Å². The fourth-order valence-corrected chi connectivity index (χ4v) is 3.88. The highest BCUT2D eigenvalue weighted by Crippen LogP contribution is 2.25. The van der Waals surface area contributed by atoms with Crippen LogP contribution in [0.3, 0.4) is 0 Å². The molecule has 1 aromatic heterocycles. The fraction of sp³-hybridized carbons (Fsp3) is 0.105. The molecule has 0 atom stereocenters. The van der Waals surface area contributed by atoms with E-state index < -0.39 is 20.6 Å². The summed E-state index contributed by atoms with van der Waals surface area (Å²) in [6.07, 6.45) is 3.14. The number of para-hydroxylation sites is 1. The molecular formula is C19H17N3O4S. The lowest BCUT2D eigenvalue weighted by Gasteiger charge is -2.10. The van der Waals surface area contributed by atoms with E-state index in [0.717, 1.165) is 23.7 Å². The first-order chi connectivity index (χ1) is 13.0. The van der Waals surface area contributed by atoms with E-state index in [1.807, 2.05) is 24.3 Å². The third-order valence-corrected chi connectivity index (χ3v) is 5.36. The molecule has 0 saturated heterocycles. The Morgan fingerprint density at radius 2 is 1.74 bits per heavy atom. The van der Waals surface area contributed by atoms with Crippen molar-refractivity contribution in [3.63, 3.8) is 0 Å². The van der Waals surface area contributed by atoms with Crippen molar-refractivity contribution < 1.29 is 13.3 Å². The quantitative estimate of drug-likeness (QED) is 0.496. The number of pyridine rings is 1. The molecule has 1 N–H and O–H groups in total. The largest absolute Gasteiger partial charge is 0.289 e. The van der Waals surface area contributed by atoms with E-state index in [1.54, 1.807) is 24.4 Å². The summed E-state index contributed by atoms with van der Waals surface area (Å²) < 4.78 is 27.6. The van der Waals surface area contributed by atoms with Gasteiger partial charge in [-0.1, -0.05) is 30.3 Å². The van der Waals surface area contributed by atoms with E-state index in [2.05, 4.69) is 9.71 Å². The molecule has 0 fully saturated rings. The molecule has 138 valence electrons. The zero-order valence-corrected chi connectivity index (χ0v) is 15.1. The topological polar surface area (TPSA) is 102 Å². The van der Waals surface area contributed by atoms with Crippen LogP contribution in [0.1, 0.15) is 11.3 Å². The summed E-state index contributed by atoms with van der Waals surface area (Å²) in [5, 5.41) is 11.1. The highest BCUT2D eigenvalue weighted by molar-refractivity contribution is 7.92. The molecule has 0 aliphatic rings. The standard InChI is InChI=1S/C19H17N3O4S/c23-22(24)18-9-1-2-10-19(18)27(25,26)21-17-8-5-6-15(14-17)11-12-16-7-3-4-13-20-16/h1-10,13-14,21H,11-12H2. The van der Waals surface area contributed by atoms with Gasteiger partial charge in [-0.3, -0.25) is 19.8 Å². The first-order valence-electron chi connectivity index (χ1n) is 8.21. The molecule has 0 spiro atoms. The van der Waals surface area contributed by atoms with Crippen LogP contribution in [0, 0.1) is 10.1 Å². The monoisotopic (exact) mass is 383 g/mol. The van der Waals surface area contributed by atoms with E-state index in [9.17, 15) is 18.5 Å². The number of benzene rings is 2.